The predicted molar refractivity (Wildman–Crippen MR) is 86.6 cm³/mol. The van der Waals surface area contributed by atoms with Crippen LogP contribution in [0.4, 0.5) is 0 Å². The van der Waals surface area contributed by atoms with E-state index in [0.717, 1.165) is 32.3 Å². The average Bonchev–Trinajstić information content (AvgIpc) is 3.01. The van der Waals surface area contributed by atoms with Crippen LogP contribution < -0.4 is 0 Å². The second-order valence-corrected chi connectivity index (χ2v) is 5.85. The van der Waals surface area contributed by atoms with Gasteiger partial charge in [0.05, 0.1) is 18.8 Å². The third-order valence-electron chi connectivity index (χ3n) is 4.08. The molecule has 0 aliphatic carbocycles. The molecule has 2 aromatic rings. The van der Waals surface area contributed by atoms with E-state index in [9.17, 15) is 0 Å². The van der Waals surface area contributed by atoms with Crippen LogP contribution in [0.5, 0.6) is 0 Å². The monoisotopic (exact) mass is 297 g/mol. The molecule has 0 N–H and O–H groups in total. The Morgan fingerprint density at radius 2 is 1.82 bits per heavy atom. The van der Waals surface area contributed by atoms with Gasteiger partial charge in [0.2, 0.25) is 0 Å². The lowest BCUT2D eigenvalue weighted by Gasteiger charge is -2.14. The topological polar surface area (TPSA) is 31.4 Å². The highest BCUT2D eigenvalue weighted by atomic mass is 16.5. The molecule has 1 aliphatic heterocycles. The van der Waals surface area contributed by atoms with Gasteiger partial charge in [0.25, 0.3) is 0 Å². The van der Waals surface area contributed by atoms with Crippen molar-refractivity contribution in [1.29, 1.82) is 0 Å². The summed E-state index contributed by atoms with van der Waals surface area (Å²) in [5.74, 6) is 0. The summed E-state index contributed by atoms with van der Waals surface area (Å²) in [6.45, 7) is 1.45. The van der Waals surface area contributed by atoms with Gasteiger partial charge < -0.3 is 9.47 Å². The molecular formula is C19H23NO2. The molecule has 1 aromatic carbocycles. The lowest BCUT2D eigenvalue weighted by molar-refractivity contribution is 0.0167. The van der Waals surface area contributed by atoms with Crippen LogP contribution in [-0.4, -0.2) is 23.8 Å². The second-order valence-electron chi connectivity index (χ2n) is 5.85. The van der Waals surface area contributed by atoms with Crippen molar-refractivity contribution in [2.75, 3.05) is 6.61 Å². The van der Waals surface area contributed by atoms with Crippen LogP contribution in [-0.2, 0) is 22.5 Å². The molecule has 116 valence electrons. The first-order valence-corrected chi connectivity index (χ1v) is 8.06. The molecule has 1 saturated heterocycles. The van der Waals surface area contributed by atoms with Gasteiger partial charge in [0.1, 0.15) is 0 Å². The molecule has 3 rings (SSSR count). The van der Waals surface area contributed by atoms with E-state index in [1.54, 1.807) is 0 Å². The molecule has 3 nitrogen and oxygen atoms in total. The van der Waals surface area contributed by atoms with Crippen molar-refractivity contribution in [2.45, 2.75) is 44.5 Å². The zero-order valence-electron chi connectivity index (χ0n) is 12.9. The molecule has 0 amide bonds. The molecule has 1 aromatic heterocycles. The molecule has 22 heavy (non-hydrogen) atoms. The van der Waals surface area contributed by atoms with Gasteiger partial charge in [0.15, 0.2) is 0 Å². The van der Waals surface area contributed by atoms with E-state index in [4.69, 9.17) is 9.47 Å². The highest BCUT2D eigenvalue weighted by Gasteiger charge is 2.25. The normalized spacial score (nSPS) is 21.1. The zero-order valence-corrected chi connectivity index (χ0v) is 12.9. The maximum absolute atomic E-state index is 6.11. The molecule has 2 atom stereocenters. The van der Waals surface area contributed by atoms with Crippen molar-refractivity contribution < 1.29 is 9.47 Å². The van der Waals surface area contributed by atoms with Crippen molar-refractivity contribution in [2.24, 2.45) is 0 Å². The Bertz CT molecular complexity index is 544. The van der Waals surface area contributed by atoms with Gasteiger partial charge in [0, 0.05) is 25.4 Å². The summed E-state index contributed by atoms with van der Waals surface area (Å²) in [6.07, 6.45) is 8.65. The summed E-state index contributed by atoms with van der Waals surface area (Å²) in [4.78, 5) is 4.16. The van der Waals surface area contributed by atoms with Gasteiger partial charge in [-0.1, -0.05) is 36.4 Å². The largest absolute Gasteiger partial charge is 0.377 e. The smallest absolute Gasteiger partial charge is 0.0716 e. The second kappa shape index (κ2) is 8.06. The Morgan fingerprint density at radius 3 is 2.64 bits per heavy atom. The van der Waals surface area contributed by atoms with Gasteiger partial charge in [-0.25, -0.2) is 0 Å². The lowest BCUT2D eigenvalue weighted by atomic mass is 10.1. The van der Waals surface area contributed by atoms with Gasteiger partial charge in [-0.15, -0.1) is 0 Å². The van der Waals surface area contributed by atoms with E-state index in [-0.39, 0.29) is 0 Å². The summed E-state index contributed by atoms with van der Waals surface area (Å²) in [6, 6.07) is 14.4. The van der Waals surface area contributed by atoms with E-state index in [1.807, 2.05) is 36.7 Å². The van der Waals surface area contributed by atoms with E-state index in [1.165, 1.54) is 11.1 Å². The predicted octanol–water partition coefficient (Wildman–Crippen LogP) is 3.78. The van der Waals surface area contributed by atoms with Crippen LogP contribution in [0, 0.1) is 0 Å². The number of nitrogens with zero attached hydrogens (tertiary/aromatic N) is 1. The number of ether oxygens (including phenoxy) is 2. The number of aromatic nitrogens is 1. The van der Waals surface area contributed by atoms with E-state index in [0.29, 0.717) is 18.8 Å². The standard InChI is InChI=1S/C19H23NO2/c1-2-5-16(6-3-1)15-21-12-10-18-8-9-19(22-18)13-17-7-4-11-20-14-17/h1-7,11,14,18-19H,8-10,12-13,15H2. The fraction of sp³-hybridized carbons (Fsp3) is 0.421. The summed E-state index contributed by atoms with van der Waals surface area (Å²) in [5.41, 5.74) is 2.48. The van der Waals surface area contributed by atoms with Crippen LogP contribution in [0.1, 0.15) is 30.4 Å². The van der Waals surface area contributed by atoms with Gasteiger partial charge in [-0.05, 0) is 36.5 Å². The van der Waals surface area contributed by atoms with E-state index < -0.39 is 0 Å². The van der Waals surface area contributed by atoms with Gasteiger partial charge in [-0.2, -0.15) is 0 Å². The molecule has 1 aliphatic rings. The minimum Gasteiger partial charge on any atom is -0.377 e. The number of rotatable bonds is 7. The summed E-state index contributed by atoms with van der Waals surface area (Å²) >= 11 is 0. The fourth-order valence-electron chi connectivity index (χ4n) is 2.90. The van der Waals surface area contributed by atoms with Crippen LogP contribution >= 0.6 is 0 Å². The highest BCUT2D eigenvalue weighted by Crippen LogP contribution is 2.24. The summed E-state index contributed by atoms with van der Waals surface area (Å²) in [5, 5.41) is 0. The Morgan fingerprint density at radius 1 is 1.00 bits per heavy atom. The zero-order chi connectivity index (χ0) is 15.0. The minimum absolute atomic E-state index is 0.336. The third-order valence-corrected chi connectivity index (χ3v) is 4.08. The van der Waals surface area contributed by atoms with Crippen LogP contribution in [0.3, 0.4) is 0 Å². The molecule has 0 saturated carbocycles. The molecule has 2 heterocycles. The maximum Gasteiger partial charge on any atom is 0.0716 e. The molecule has 0 bridgehead atoms. The van der Waals surface area contributed by atoms with Crippen molar-refractivity contribution in [3.05, 3.63) is 66.0 Å². The van der Waals surface area contributed by atoms with Crippen LogP contribution in [0.15, 0.2) is 54.9 Å². The number of hydrogen-bond acceptors (Lipinski definition) is 3. The van der Waals surface area contributed by atoms with Gasteiger partial charge in [-0.3, -0.25) is 4.98 Å². The summed E-state index contributed by atoms with van der Waals surface area (Å²) < 4.78 is 11.9. The first-order chi connectivity index (χ1) is 10.9. The molecular weight excluding hydrogens is 274 g/mol. The quantitative estimate of drug-likeness (QED) is 0.729. The Hall–Kier alpha value is -1.71. The van der Waals surface area contributed by atoms with E-state index >= 15 is 0 Å². The first-order valence-electron chi connectivity index (χ1n) is 8.06. The van der Waals surface area contributed by atoms with Crippen molar-refractivity contribution in [3.8, 4) is 0 Å². The molecule has 0 spiro atoms. The van der Waals surface area contributed by atoms with Crippen molar-refractivity contribution in [1.82, 2.24) is 4.98 Å². The van der Waals surface area contributed by atoms with E-state index in [2.05, 4.69) is 23.2 Å². The van der Waals surface area contributed by atoms with Crippen LogP contribution in [0.25, 0.3) is 0 Å². The average molecular weight is 297 g/mol. The Labute approximate surface area is 132 Å². The number of hydrogen-bond donors (Lipinski definition) is 0. The van der Waals surface area contributed by atoms with Gasteiger partial charge >= 0.3 is 0 Å². The lowest BCUT2D eigenvalue weighted by Crippen LogP contribution is -2.15. The first kappa shape index (κ1) is 15.2. The Kier molecular flexibility index (Phi) is 5.57. The highest BCUT2D eigenvalue weighted by molar-refractivity contribution is 5.13. The molecule has 1 fully saturated rings. The SMILES string of the molecule is c1ccc(COCCC2CCC(Cc3cccnc3)O2)cc1. The molecule has 3 heteroatoms. The van der Waals surface area contributed by atoms with Crippen molar-refractivity contribution in [3.63, 3.8) is 0 Å². The van der Waals surface area contributed by atoms with Crippen LogP contribution in [0.2, 0.25) is 0 Å². The third kappa shape index (κ3) is 4.65. The fourth-order valence-corrected chi connectivity index (χ4v) is 2.90. The van der Waals surface area contributed by atoms with Crippen molar-refractivity contribution >= 4 is 0 Å². The molecule has 0 radical (unpaired) electrons. The number of pyridine rings is 1. The maximum atomic E-state index is 6.11. The Balaban J connectivity index is 1.33. The number of benzene rings is 1. The molecule has 2 unspecified atom stereocenters. The minimum atomic E-state index is 0.336. The summed E-state index contributed by atoms with van der Waals surface area (Å²) in [7, 11) is 0.